The highest BCUT2D eigenvalue weighted by Crippen LogP contribution is 2.19. The van der Waals surface area contributed by atoms with E-state index in [2.05, 4.69) is 12.1 Å². The first kappa shape index (κ1) is 8.52. The van der Waals surface area contributed by atoms with Gasteiger partial charge in [0.15, 0.2) is 0 Å². The molecule has 0 atom stereocenters. The van der Waals surface area contributed by atoms with Crippen LogP contribution in [0.5, 0.6) is 0 Å². The van der Waals surface area contributed by atoms with Crippen LogP contribution in [-0.4, -0.2) is 0 Å². The molecule has 1 radical (unpaired) electrons. The molecule has 0 saturated carbocycles. The fourth-order valence-electron chi connectivity index (χ4n) is 1.34. The molecule has 1 heteroatoms. The first-order chi connectivity index (χ1) is 6.90. The smallest absolute Gasteiger partial charge is 0.0991 e. The Hall–Kier alpha value is -2.07. The highest BCUT2D eigenvalue weighted by atomic mass is 14.2. The van der Waals surface area contributed by atoms with Gasteiger partial charge in [-0.15, -0.1) is 0 Å². The summed E-state index contributed by atoms with van der Waals surface area (Å²) in [4.78, 5) is 0. The Morgan fingerprint density at radius 2 is 1.93 bits per heavy atom. The second kappa shape index (κ2) is 3.76. The van der Waals surface area contributed by atoms with Crippen molar-refractivity contribution in [3.05, 3.63) is 60.2 Å². The van der Waals surface area contributed by atoms with Gasteiger partial charge in [0.2, 0.25) is 0 Å². The van der Waals surface area contributed by atoms with Crippen molar-refractivity contribution in [2.75, 3.05) is 0 Å². The predicted octanol–water partition coefficient (Wildman–Crippen LogP) is 3.03. The number of benzene rings is 2. The summed E-state index contributed by atoms with van der Waals surface area (Å²) >= 11 is 0. The first-order valence-corrected chi connectivity index (χ1v) is 4.37. The molecule has 0 saturated heterocycles. The topological polar surface area (TPSA) is 23.8 Å². The molecule has 2 aromatic carbocycles. The molecule has 14 heavy (non-hydrogen) atoms. The van der Waals surface area contributed by atoms with Crippen LogP contribution in [0.2, 0.25) is 0 Å². The van der Waals surface area contributed by atoms with Crippen LogP contribution in [0.25, 0.3) is 11.1 Å². The van der Waals surface area contributed by atoms with Crippen LogP contribution in [0, 0.1) is 17.4 Å². The fourth-order valence-corrected chi connectivity index (χ4v) is 1.34. The molecule has 2 aromatic rings. The van der Waals surface area contributed by atoms with E-state index in [0.717, 1.165) is 11.1 Å². The summed E-state index contributed by atoms with van der Waals surface area (Å²) < 4.78 is 0. The van der Waals surface area contributed by atoms with Crippen LogP contribution in [0.3, 0.4) is 0 Å². The normalized spacial score (nSPS) is 9.36. The average Bonchev–Trinajstić information content (AvgIpc) is 2.30. The molecule has 0 aliphatic rings. The largest absolute Gasteiger partial charge is 0.192 e. The van der Waals surface area contributed by atoms with E-state index in [0.29, 0.717) is 5.56 Å². The van der Waals surface area contributed by atoms with E-state index in [4.69, 9.17) is 5.26 Å². The van der Waals surface area contributed by atoms with E-state index in [1.807, 2.05) is 42.5 Å². The lowest BCUT2D eigenvalue weighted by molar-refractivity contribution is 1.48. The van der Waals surface area contributed by atoms with Crippen molar-refractivity contribution < 1.29 is 0 Å². The minimum Gasteiger partial charge on any atom is -0.192 e. The van der Waals surface area contributed by atoms with Gasteiger partial charge in [0, 0.05) is 0 Å². The van der Waals surface area contributed by atoms with Crippen LogP contribution in [0.4, 0.5) is 0 Å². The van der Waals surface area contributed by atoms with Crippen molar-refractivity contribution in [2.45, 2.75) is 0 Å². The quantitative estimate of drug-likeness (QED) is 0.658. The molecule has 0 unspecified atom stereocenters. The van der Waals surface area contributed by atoms with Crippen LogP contribution in [0.15, 0.2) is 48.5 Å². The van der Waals surface area contributed by atoms with E-state index >= 15 is 0 Å². The third-order valence-corrected chi connectivity index (χ3v) is 2.03. The van der Waals surface area contributed by atoms with E-state index < -0.39 is 0 Å². The van der Waals surface area contributed by atoms with E-state index in [-0.39, 0.29) is 0 Å². The fraction of sp³-hybridized carbons (Fsp3) is 0. The summed E-state index contributed by atoms with van der Waals surface area (Å²) in [5.41, 5.74) is 2.83. The second-order valence-corrected chi connectivity index (χ2v) is 2.98. The van der Waals surface area contributed by atoms with Gasteiger partial charge in [0.05, 0.1) is 11.6 Å². The zero-order valence-corrected chi connectivity index (χ0v) is 7.57. The zero-order chi connectivity index (χ0) is 9.80. The van der Waals surface area contributed by atoms with Gasteiger partial charge >= 0.3 is 0 Å². The Kier molecular flexibility index (Phi) is 2.29. The van der Waals surface area contributed by atoms with Crippen LogP contribution in [-0.2, 0) is 0 Å². The first-order valence-electron chi connectivity index (χ1n) is 4.37. The second-order valence-electron chi connectivity index (χ2n) is 2.98. The minimum absolute atomic E-state index is 0.686. The maximum absolute atomic E-state index is 8.75. The Balaban J connectivity index is 2.49. The molecule has 65 valence electrons. The molecule has 0 bridgehead atoms. The van der Waals surface area contributed by atoms with Crippen LogP contribution >= 0.6 is 0 Å². The third kappa shape index (κ3) is 1.65. The molecule has 0 heterocycles. The van der Waals surface area contributed by atoms with Gasteiger partial charge in [-0.05, 0) is 35.4 Å². The lowest BCUT2D eigenvalue weighted by Gasteiger charge is -2.00. The van der Waals surface area contributed by atoms with Gasteiger partial charge in [0.1, 0.15) is 0 Å². The number of hydrogen-bond donors (Lipinski definition) is 0. The minimum atomic E-state index is 0.686. The van der Waals surface area contributed by atoms with Crippen LogP contribution in [0.1, 0.15) is 5.56 Å². The lowest BCUT2D eigenvalue weighted by Crippen LogP contribution is -1.78. The SMILES string of the molecule is N#Cc1cccc(-c2c[c]ccc2)c1. The molecule has 2 rings (SSSR count). The molecule has 0 aromatic heterocycles. The molecule has 1 nitrogen and oxygen atoms in total. The molecule has 0 aliphatic carbocycles. The van der Waals surface area contributed by atoms with Gasteiger partial charge in [-0.1, -0.05) is 30.3 Å². The summed E-state index contributed by atoms with van der Waals surface area (Å²) in [5, 5.41) is 8.75. The Labute approximate surface area is 83.2 Å². The highest BCUT2D eigenvalue weighted by molar-refractivity contribution is 5.64. The molecule has 0 spiro atoms. The van der Waals surface area contributed by atoms with Crippen molar-refractivity contribution in [3.63, 3.8) is 0 Å². The van der Waals surface area contributed by atoms with Gasteiger partial charge in [0.25, 0.3) is 0 Å². The molecular formula is C13H8N. The Morgan fingerprint density at radius 1 is 1.07 bits per heavy atom. The van der Waals surface area contributed by atoms with E-state index in [1.54, 1.807) is 6.07 Å². The molecular weight excluding hydrogens is 170 g/mol. The zero-order valence-electron chi connectivity index (χ0n) is 7.57. The van der Waals surface area contributed by atoms with E-state index in [9.17, 15) is 0 Å². The Bertz CT molecular complexity index is 466. The highest BCUT2D eigenvalue weighted by Gasteiger charge is 1.96. The van der Waals surface area contributed by atoms with Gasteiger partial charge in [-0.2, -0.15) is 5.26 Å². The summed E-state index contributed by atoms with van der Waals surface area (Å²) in [6.07, 6.45) is 0. The number of nitriles is 1. The standard InChI is InChI=1S/C13H8N/c14-10-11-5-4-8-13(9-11)12-6-2-1-3-7-12/h1-2,4-9H. The molecule has 0 fully saturated rings. The summed E-state index contributed by atoms with van der Waals surface area (Å²) in [6.45, 7) is 0. The molecule has 0 aliphatic heterocycles. The van der Waals surface area contributed by atoms with Crippen molar-refractivity contribution >= 4 is 0 Å². The maximum Gasteiger partial charge on any atom is 0.0991 e. The third-order valence-electron chi connectivity index (χ3n) is 2.03. The van der Waals surface area contributed by atoms with Gasteiger partial charge < -0.3 is 0 Å². The van der Waals surface area contributed by atoms with Crippen LogP contribution < -0.4 is 0 Å². The monoisotopic (exact) mass is 178 g/mol. The van der Waals surface area contributed by atoms with Crippen molar-refractivity contribution in [2.24, 2.45) is 0 Å². The van der Waals surface area contributed by atoms with Crippen molar-refractivity contribution in [3.8, 4) is 17.2 Å². The van der Waals surface area contributed by atoms with Gasteiger partial charge in [-0.3, -0.25) is 0 Å². The molecule has 0 N–H and O–H groups in total. The Morgan fingerprint density at radius 3 is 2.64 bits per heavy atom. The molecule has 0 amide bonds. The van der Waals surface area contributed by atoms with Crippen molar-refractivity contribution in [1.82, 2.24) is 0 Å². The average molecular weight is 178 g/mol. The number of hydrogen-bond acceptors (Lipinski definition) is 1. The van der Waals surface area contributed by atoms with E-state index in [1.165, 1.54) is 0 Å². The maximum atomic E-state index is 8.75. The summed E-state index contributed by atoms with van der Waals surface area (Å²) in [7, 11) is 0. The van der Waals surface area contributed by atoms with Crippen molar-refractivity contribution in [1.29, 1.82) is 5.26 Å². The number of rotatable bonds is 1. The summed E-state index contributed by atoms with van der Waals surface area (Å²) in [5.74, 6) is 0. The lowest BCUT2D eigenvalue weighted by atomic mass is 10.0. The van der Waals surface area contributed by atoms with Gasteiger partial charge in [-0.25, -0.2) is 0 Å². The summed E-state index contributed by atoms with van der Waals surface area (Å²) in [6, 6.07) is 20.4. The predicted molar refractivity (Wildman–Crippen MR) is 55.4 cm³/mol. The number of nitrogens with zero attached hydrogens (tertiary/aromatic N) is 1.